The minimum atomic E-state index is -0.912. The Bertz CT molecular complexity index is 475. The second-order valence-corrected chi connectivity index (χ2v) is 5.06. The molecule has 2 rings (SSSR count). The van der Waals surface area contributed by atoms with Crippen molar-refractivity contribution in [3.05, 3.63) is 35.9 Å². The SMILES string of the molecule is CN[C@@H](Cc1ccccc1)C(=O)N1CCC[C@H]1C(=O)O. The first kappa shape index (κ1) is 14.5. The van der Waals surface area contributed by atoms with Gasteiger partial charge in [0.15, 0.2) is 0 Å². The van der Waals surface area contributed by atoms with Crippen LogP contribution in [0.4, 0.5) is 0 Å². The zero-order valence-corrected chi connectivity index (χ0v) is 11.6. The molecule has 1 aromatic carbocycles. The summed E-state index contributed by atoms with van der Waals surface area (Å²) in [5.74, 6) is -1.04. The molecule has 0 spiro atoms. The maximum atomic E-state index is 12.5. The molecule has 1 amide bonds. The van der Waals surface area contributed by atoms with Crippen molar-refractivity contribution in [1.29, 1.82) is 0 Å². The first-order valence-electron chi connectivity index (χ1n) is 6.88. The highest BCUT2D eigenvalue weighted by Gasteiger charge is 2.36. The molecule has 1 saturated heterocycles. The number of nitrogens with one attached hydrogen (secondary N) is 1. The van der Waals surface area contributed by atoms with Gasteiger partial charge in [-0.15, -0.1) is 0 Å². The fraction of sp³-hybridized carbons (Fsp3) is 0.467. The number of likely N-dealkylation sites (tertiary alicyclic amines) is 1. The van der Waals surface area contributed by atoms with Crippen LogP contribution in [0.5, 0.6) is 0 Å². The summed E-state index contributed by atoms with van der Waals surface area (Å²) in [6.45, 7) is 0.531. The van der Waals surface area contributed by atoms with E-state index >= 15 is 0 Å². The minimum Gasteiger partial charge on any atom is -0.480 e. The fourth-order valence-corrected chi connectivity index (χ4v) is 2.65. The van der Waals surface area contributed by atoms with Crippen LogP contribution in [0.25, 0.3) is 0 Å². The van der Waals surface area contributed by atoms with Gasteiger partial charge in [-0.2, -0.15) is 0 Å². The first-order valence-corrected chi connectivity index (χ1v) is 6.88. The summed E-state index contributed by atoms with van der Waals surface area (Å²) in [6, 6.07) is 8.68. The topological polar surface area (TPSA) is 69.6 Å². The Morgan fingerprint density at radius 2 is 2.10 bits per heavy atom. The average Bonchev–Trinajstić information content (AvgIpc) is 2.94. The Labute approximate surface area is 118 Å². The molecule has 0 aliphatic carbocycles. The standard InChI is InChI=1S/C15H20N2O3/c1-16-12(10-11-6-3-2-4-7-11)14(18)17-9-5-8-13(17)15(19)20/h2-4,6-7,12-13,16H,5,8-10H2,1H3,(H,19,20)/t12-,13-/m0/s1. The van der Waals surface area contributed by atoms with Gasteiger partial charge in [0, 0.05) is 6.54 Å². The van der Waals surface area contributed by atoms with E-state index in [4.69, 9.17) is 5.11 Å². The highest BCUT2D eigenvalue weighted by Crippen LogP contribution is 2.19. The largest absolute Gasteiger partial charge is 0.480 e. The number of nitrogens with zero attached hydrogens (tertiary/aromatic N) is 1. The smallest absolute Gasteiger partial charge is 0.326 e. The number of hydrogen-bond acceptors (Lipinski definition) is 3. The number of aliphatic carboxylic acids is 1. The van der Waals surface area contributed by atoms with Crippen molar-refractivity contribution >= 4 is 11.9 Å². The van der Waals surface area contributed by atoms with Gasteiger partial charge in [0.05, 0.1) is 6.04 Å². The number of carbonyl (C=O) groups is 2. The van der Waals surface area contributed by atoms with Gasteiger partial charge in [-0.3, -0.25) is 4.79 Å². The number of carboxylic acid groups (broad SMARTS) is 1. The highest BCUT2D eigenvalue weighted by molar-refractivity contribution is 5.87. The van der Waals surface area contributed by atoms with Crippen molar-refractivity contribution < 1.29 is 14.7 Å². The number of likely N-dealkylation sites (N-methyl/N-ethyl adjacent to an activating group) is 1. The number of carbonyl (C=O) groups excluding carboxylic acids is 1. The number of hydrogen-bond donors (Lipinski definition) is 2. The maximum absolute atomic E-state index is 12.5. The van der Waals surface area contributed by atoms with E-state index < -0.39 is 12.0 Å². The molecule has 0 saturated carbocycles. The molecule has 1 aliphatic heterocycles. The van der Waals surface area contributed by atoms with Gasteiger partial charge in [0.2, 0.25) is 5.91 Å². The molecule has 0 unspecified atom stereocenters. The molecular weight excluding hydrogens is 256 g/mol. The number of benzene rings is 1. The van der Waals surface area contributed by atoms with Crippen molar-refractivity contribution in [2.24, 2.45) is 0 Å². The molecule has 1 fully saturated rings. The highest BCUT2D eigenvalue weighted by atomic mass is 16.4. The van der Waals surface area contributed by atoms with Crippen LogP contribution in [0.2, 0.25) is 0 Å². The van der Waals surface area contributed by atoms with Gasteiger partial charge in [0.1, 0.15) is 6.04 Å². The number of amides is 1. The zero-order valence-electron chi connectivity index (χ0n) is 11.6. The third kappa shape index (κ3) is 3.17. The van der Waals surface area contributed by atoms with Crippen LogP contribution in [0.3, 0.4) is 0 Å². The maximum Gasteiger partial charge on any atom is 0.326 e. The van der Waals surface area contributed by atoms with Gasteiger partial charge in [-0.1, -0.05) is 30.3 Å². The summed E-state index contributed by atoms with van der Waals surface area (Å²) in [6.07, 6.45) is 1.87. The van der Waals surface area contributed by atoms with E-state index in [1.54, 1.807) is 7.05 Å². The second kappa shape index (κ2) is 6.52. The Morgan fingerprint density at radius 1 is 1.40 bits per heavy atom. The van der Waals surface area contributed by atoms with Gasteiger partial charge >= 0.3 is 5.97 Å². The molecule has 1 heterocycles. The van der Waals surface area contributed by atoms with E-state index in [-0.39, 0.29) is 11.9 Å². The lowest BCUT2D eigenvalue weighted by Gasteiger charge is -2.26. The lowest BCUT2D eigenvalue weighted by Crippen LogP contribution is -2.50. The molecule has 5 heteroatoms. The van der Waals surface area contributed by atoms with Gasteiger partial charge < -0.3 is 15.3 Å². The Morgan fingerprint density at radius 3 is 2.70 bits per heavy atom. The van der Waals surface area contributed by atoms with Crippen LogP contribution in [0.15, 0.2) is 30.3 Å². The van der Waals surface area contributed by atoms with E-state index in [1.165, 1.54) is 4.90 Å². The summed E-state index contributed by atoms with van der Waals surface area (Å²) < 4.78 is 0. The molecule has 2 atom stereocenters. The van der Waals surface area contributed by atoms with Crippen molar-refractivity contribution in [2.45, 2.75) is 31.3 Å². The number of carboxylic acids is 1. The molecule has 108 valence electrons. The molecule has 5 nitrogen and oxygen atoms in total. The van der Waals surface area contributed by atoms with Crippen molar-refractivity contribution in [3.8, 4) is 0 Å². The van der Waals surface area contributed by atoms with Gasteiger partial charge in [0.25, 0.3) is 0 Å². The molecule has 2 N–H and O–H groups in total. The van der Waals surface area contributed by atoms with E-state index in [0.29, 0.717) is 19.4 Å². The third-order valence-electron chi connectivity index (χ3n) is 3.75. The molecule has 0 bridgehead atoms. The molecular formula is C15H20N2O3. The third-order valence-corrected chi connectivity index (χ3v) is 3.75. The summed E-state index contributed by atoms with van der Waals surface area (Å²) in [4.78, 5) is 25.2. The molecule has 1 aliphatic rings. The Balaban J connectivity index is 2.07. The molecule has 0 radical (unpaired) electrons. The zero-order chi connectivity index (χ0) is 14.5. The number of rotatable bonds is 5. The van der Waals surface area contributed by atoms with E-state index in [1.807, 2.05) is 30.3 Å². The van der Waals surface area contributed by atoms with Crippen LogP contribution < -0.4 is 5.32 Å². The van der Waals surface area contributed by atoms with Crippen LogP contribution in [-0.2, 0) is 16.0 Å². The van der Waals surface area contributed by atoms with Gasteiger partial charge in [-0.05, 0) is 31.9 Å². The van der Waals surface area contributed by atoms with Crippen LogP contribution >= 0.6 is 0 Å². The van der Waals surface area contributed by atoms with Crippen molar-refractivity contribution in [1.82, 2.24) is 10.2 Å². The Hall–Kier alpha value is -1.88. The summed E-state index contributed by atoms with van der Waals surface area (Å²) in [7, 11) is 1.73. The van der Waals surface area contributed by atoms with E-state index in [9.17, 15) is 9.59 Å². The Kier molecular flexibility index (Phi) is 4.74. The summed E-state index contributed by atoms with van der Waals surface area (Å²) >= 11 is 0. The van der Waals surface area contributed by atoms with Crippen LogP contribution in [0, 0.1) is 0 Å². The molecule has 1 aromatic rings. The molecule has 20 heavy (non-hydrogen) atoms. The van der Waals surface area contributed by atoms with Gasteiger partial charge in [-0.25, -0.2) is 4.79 Å². The molecule has 0 aromatic heterocycles. The van der Waals surface area contributed by atoms with E-state index in [0.717, 1.165) is 12.0 Å². The summed E-state index contributed by atoms with van der Waals surface area (Å²) in [5.41, 5.74) is 1.06. The second-order valence-electron chi connectivity index (χ2n) is 5.06. The van der Waals surface area contributed by atoms with Crippen molar-refractivity contribution in [2.75, 3.05) is 13.6 Å². The minimum absolute atomic E-state index is 0.124. The summed E-state index contributed by atoms with van der Waals surface area (Å²) in [5, 5.41) is 12.2. The van der Waals surface area contributed by atoms with Crippen LogP contribution in [0.1, 0.15) is 18.4 Å². The fourth-order valence-electron chi connectivity index (χ4n) is 2.65. The lowest BCUT2D eigenvalue weighted by molar-refractivity contribution is -0.149. The normalized spacial score (nSPS) is 19.9. The van der Waals surface area contributed by atoms with Crippen molar-refractivity contribution in [3.63, 3.8) is 0 Å². The monoisotopic (exact) mass is 276 g/mol. The first-order chi connectivity index (χ1) is 9.63. The average molecular weight is 276 g/mol. The quantitative estimate of drug-likeness (QED) is 0.838. The predicted molar refractivity (Wildman–Crippen MR) is 75.4 cm³/mol. The lowest BCUT2D eigenvalue weighted by atomic mass is 10.0. The predicted octanol–water partition coefficient (Wildman–Crippen LogP) is 0.893. The van der Waals surface area contributed by atoms with E-state index in [2.05, 4.69) is 5.32 Å². The van der Waals surface area contributed by atoms with Crippen LogP contribution in [-0.4, -0.2) is 47.6 Å².